The summed E-state index contributed by atoms with van der Waals surface area (Å²) in [4.78, 5) is 38.0. The molecule has 1 fully saturated rings. The molecule has 0 radical (unpaired) electrons. The van der Waals surface area contributed by atoms with E-state index >= 15 is 0 Å². The molecular formula is C35H50F2N4O6. The number of benzene rings is 2. The Hall–Kier alpha value is -3.61. The van der Waals surface area contributed by atoms with Crippen molar-refractivity contribution in [2.24, 2.45) is 0 Å². The molecule has 12 heteroatoms. The lowest BCUT2D eigenvalue weighted by atomic mass is 10.00. The molecule has 4 atom stereocenters. The number of aliphatic hydroxyl groups excluding tert-OH is 1. The first-order valence-corrected chi connectivity index (χ1v) is 16.7. The van der Waals surface area contributed by atoms with Gasteiger partial charge in [-0.2, -0.15) is 0 Å². The van der Waals surface area contributed by atoms with Gasteiger partial charge in [-0.3, -0.25) is 9.59 Å². The Morgan fingerprint density at radius 2 is 1.70 bits per heavy atom. The van der Waals surface area contributed by atoms with Crippen LogP contribution in [0, 0.1) is 11.6 Å². The number of nitrogens with one attached hydrogen (secondary N) is 4. The second-order valence-corrected chi connectivity index (χ2v) is 12.1. The summed E-state index contributed by atoms with van der Waals surface area (Å²) in [5, 5.41) is 22.5. The van der Waals surface area contributed by atoms with Gasteiger partial charge in [0.1, 0.15) is 24.3 Å². The van der Waals surface area contributed by atoms with Crippen LogP contribution in [0.4, 0.5) is 13.6 Å². The van der Waals surface area contributed by atoms with Crippen LogP contribution in [0.25, 0.3) is 0 Å². The van der Waals surface area contributed by atoms with Crippen LogP contribution in [-0.4, -0.2) is 73.1 Å². The second-order valence-electron chi connectivity index (χ2n) is 12.1. The van der Waals surface area contributed by atoms with Crippen molar-refractivity contribution < 1.29 is 37.7 Å². The van der Waals surface area contributed by atoms with Gasteiger partial charge in [0, 0.05) is 25.6 Å². The van der Waals surface area contributed by atoms with Gasteiger partial charge < -0.3 is 35.8 Å². The van der Waals surface area contributed by atoms with Crippen molar-refractivity contribution in [3.05, 3.63) is 70.8 Å². The molecule has 0 spiro atoms. The van der Waals surface area contributed by atoms with Crippen LogP contribution in [0.15, 0.2) is 42.5 Å². The summed E-state index contributed by atoms with van der Waals surface area (Å²) in [5.74, 6) is -2.32. The van der Waals surface area contributed by atoms with Gasteiger partial charge >= 0.3 is 6.09 Å². The lowest BCUT2D eigenvalue weighted by molar-refractivity contribution is -0.127. The SMILES string of the molecule is CCCC(CCC)OCC(NC(=O)OC[C@@H]1CCC(=O)N1)C(=O)N[C@@H](Cc1cc(F)cc(F)c1)[C@H](O)CNCc1cccc(CC)c1. The molecule has 1 aliphatic heterocycles. The number of rotatable bonds is 20. The van der Waals surface area contributed by atoms with Gasteiger partial charge in [-0.25, -0.2) is 13.6 Å². The lowest BCUT2D eigenvalue weighted by Gasteiger charge is -2.28. The summed E-state index contributed by atoms with van der Waals surface area (Å²) < 4.78 is 39.5. The van der Waals surface area contributed by atoms with Gasteiger partial charge in [0.05, 0.1) is 30.9 Å². The van der Waals surface area contributed by atoms with E-state index in [-0.39, 0.29) is 49.8 Å². The van der Waals surface area contributed by atoms with E-state index in [0.717, 1.165) is 55.9 Å². The normalized spacial score (nSPS) is 16.4. The van der Waals surface area contributed by atoms with Crippen molar-refractivity contribution in [2.45, 2.75) is 109 Å². The van der Waals surface area contributed by atoms with Gasteiger partial charge in [-0.05, 0) is 60.9 Å². The number of hydrogen-bond acceptors (Lipinski definition) is 7. The van der Waals surface area contributed by atoms with E-state index in [1.165, 1.54) is 5.56 Å². The van der Waals surface area contributed by atoms with E-state index in [0.29, 0.717) is 19.4 Å². The van der Waals surface area contributed by atoms with Crippen molar-refractivity contribution in [1.82, 2.24) is 21.3 Å². The third-order valence-corrected chi connectivity index (χ3v) is 8.08. The van der Waals surface area contributed by atoms with Crippen molar-refractivity contribution >= 4 is 17.9 Å². The molecule has 5 N–H and O–H groups in total. The molecule has 0 aliphatic carbocycles. The fourth-order valence-corrected chi connectivity index (χ4v) is 5.55. The van der Waals surface area contributed by atoms with Crippen molar-refractivity contribution in [2.75, 3.05) is 19.8 Å². The van der Waals surface area contributed by atoms with Crippen LogP contribution in [0.1, 0.15) is 76.0 Å². The molecule has 1 unspecified atom stereocenters. The molecule has 1 aliphatic rings. The summed E-state index contributed by atoms with van der Waals surface area (Å²) in [6, 6.07) is 8.60. The van der Waals surface area contributed by atoms with Gasteiger partial charge in [0.2, 0.25) is 11.8 Å². The third-order valence-electron chi connectivity index (χ3n) is 8.08. The van der Waals surface area contributed by atoms with Crippen LogP contribution in [0.5, 0.6) is 0 Å². The first-order chi connectivity index (χ1) is 22.6. The Morgan fingerprint density at radius 3 is 2.34 bits per heavy atom. The highest BCUT2D eigenvalue weighted by Gasteiger charge is 2.30. The summed E-state index contributed by atoms with van der Waals surface area (Å²) >= 11 is 0. The average Bonchev–Trinajstić information content (AvgIpc) is 3.46. The van der Waals surface area contributed by atoms with Crippen molar-refractivity contribution in [1.29, 1.82) is 0 Å². The minimum absolute atomic E-state index is 0.0552. The fraction of sp³-hybridized carbons (Fsp3) is 0.571. The summed E-state index contributed by atoms with van der Waals surface area (Å²) in [5.41, 5.74) is 2.44. The first-order valence-electron chi connectivity index (χ1n) is 16.7. The molecule has 0 saturated carbocycles. The van der Waals surface area contributed by atoms with Gasteiger partial charge in [0.15, 0.2) is 0 Å². The molecule has 1 saturated heterocycles. The Kier molecular flexibility index (Phi) is 16.0. The first kappa shape index (κ1) is 37.8. The van der Waals surface area contributed by atoms with Crippen LogP contribution in [-0.2, 0) is 38.4 Å². The Morgan fingerprint density at radius 1 is 1.00 bits per heavy atom. The number of aliphatic hydroxyl groups is 1. The topological polar surface area (TPSA) is 138 Å². The Bertz CT molecular complexity index is 1270. The molecular weight excluding hydrogens is 610 g/mol. The maximum atomic E-state index is 14.1. The number of aryl methyl sites for hydroxylation is 1. The number of carbonyl (C=O) groups is 3. The van der Waals surface area contributed by atoms with E-state index in [4.69, 9.17) is 9.47 Å². The molecule has 2 aromatic rings. The van der Waals surface area contributed by atoms with Crippen molar-refractivity contribution in [3.63, 3.8) is 0 Å². The van der Waals surface area contributed by atoms with E-state index < -0.39 is 41.8 Å². The highest BCUT2D eigenvalue weighted by molar-refractivity contribution is 5.86. The maximum Gasteiger partial charge on any atom is 0.407 e. The van der Waals surface area contributed by atoms with Crippen LogP contribution in [0.3, 0.4) is 0 Å². The quantitative estimate of drug-likeness (QED) is 0.144. The fourth-order valence-electron chi connectivity index (χ4n) is 5.55. The minimum Gasteiger partial charge on any atom is -0.447 e. The third kappa shape index (κ3) is 13.6. The highest BCUT2D eigenvalue weighted by atomic mass is 19.1. The second kappa shape index (κ2) is 19.9. The molecule has 260 valence electrons. The predicted octanol–water partition coefficient (Wildman–Crippen LogP) is 4.06. The lowest BCUT2D eigenvalue weighted by Crippen LogP contribution is -2.56. The van der Waals surface area contributed by atoms with E-state index in [9.17, 15) is 28.3 Å². The van der Waals surface area contributed by atoms with Gasteiger partial charge in [-0.1, -0.05) is 57.9 Å². The highest BCUT2D eigenvalue weighted by Crippen LogP contribution is 2.14. The molecule has 10 nitrogen and oxygen atoms in total. The zero-order valence-electron chi connectivity index (χ0n) is 27.7. The minimum atomic E-state index is -1.19. The number of alkyl carbamates (subject to hydrolysis) is 1. The molecule has 0 aromatic heterocycles. The van der Waals surface area contributed by atoms with Crippen LogP contribution >= 0.6 is 0 Å². The molecule has 0 bridgehead atoms. The predicted molar refractivity (Wildman–Crippen MR) is 175 cm³/mol. The zero-order valence-corrected chi connectivity index (χ0v) is 27.7. The van der Waals surface area contributed by atoms with Crippen molar-refractivity contribution in [3.8, 4) is 0 Å². The molecule has 1 heterocycles. The number of halogens is 2. The van der Waals surface area contributed by atoms with E-state index in [1.807, 2.05) is 32.0 Å². The van der Waals surface area contributed by atoms with E-state index in [1.54, 1.807) is 0 Å². The van der Waals surface area contributed by atoms with Crippen LogP contribution < -0.4 is 21.3 Å². The molecule has 2 aromatic carbocycles. The van der Waals surface area contributed by atoms with E-state index in [2.05, 4.69) is 34.3 Å². The largest absolute Gasteiger partial charge is 0.447 e. The summed E-state index contributed by atoms with van der Waals surface area (Å²) in [6.07, 6.45) is 2.83. The number of ether oxygens (including phenoxy) is 2. The average molecular weight is 661 g/mol. The van der Waals surface area contributed by atoms with Gasteiger partial charge in [-0.15, -0.1) is 0 Å². The molecule has 47 heavy (non-hydrogen) atoms. The molecule has 3 rings (SSSR count). The number of carbonyl (C=O) groups excluding carboxylic acids is 3. The van der Waals surface area contributed by atoms with Crippen LogP contribution in [0.2, 0.25) is 0 Å². The monoisotopic (exact) mass is 660 g/mol. The number of amides is 3. The zero-order chi connectivity index (χ0) is 34.2. The summed E-state index contributed by atoms with van der Waals surface area (Å²) in [7, 11) is 0. The molecule has 3 amide bonds. The Labute approximate surface area is 276 Å². The number of hydrogen-bond donors (Lipinski definition) is 5. The smallest absolute Gasteiger partial charge is 0.407 e. The Balaban J connectivity index is 1.74. The summed E-state index contributed by atoms with van der Waals surface area (Å²) in [6.45, 7) is 6.44. The van der Waals surface area contributed by atoms with Gasteiger partial charge in [0.25, 0.3) is 0 Å². The standard InChI is InChI=1S/C35H50F2N4O6/c1-4-8-29(9-5-2)46-22-31(41-35(45)47-21-28-12-13-33(43)39-28)34(44)40-30(17-25-15-26(36)18-27(37)16-25)32(42)20-38-19-24-11-7-10-23(6-3)14-24/h7,10-11,14-16,18,28-32,38,42H,4-6,8-9,12-13,17,19-22H2,1-3H3,(H,39,43)(H,40,44)(H,41,45)/t28-,30-,31?,32+/m0/s1. The maximum absolute atomic E-state index is 14.1.